The maximum atomic E-state index is 14.0. The highest BCUT2D eigenvalue weighted by Gasteiger charge is 2.39. The predicted octanol–water partition coefficient (Wildman–Crippen LogP) is 7.58. The number of benzene rings is 4. The lowest BCUT2D eigenvalue weighted by Gasteiger charge is -2.43. The quantitative estimate of drug-likeness (QED) is 0.268. The Morgan fingerprint density at radius 2 is 1.53 bits per heavy atom. The summed E-state index contributed by atoms with van der Waals surface area (Å²) in [5, 5.41) is 0. The number of hydrogen-bond donors (Lipinski definition) is 0. The molecule has 4 aromatic carbocycles. The number of halogens is 1. The molecule has 0 bridgehead atoms. The van der Waals surface area contributed by atoms with E-state index in [0.717, 1.165) is 27.0 Å². The zero-order chi connectivity index (χ0) is 25.2. The van der Waals surface area contributed by atoms with Crippen molar-refractivity contribution >= 4 is 39.1 Å². The Morgan fingerprint density at radius 1 is 0.833 bits per heavy atom. The third-order valence-corrected chi connectivity index (χ3v) is 7.21. The van der Waals surface area contributed by atoms with Crippen molar-refractivity contribution < 1.29 is 9.59 Å². The fourth-order valence-electron chi connectivity index (χ4n) is 4.96. The molecule has 0 saturated carbocycles. The standard InChI is InChI=1S/C31H27BrN2O2/c1-21-15-17-23(18-16-21)30(35)33-22(2)19-29(27-13-6-7-14-28(27)33)34(26-11-4-3-5-12-26)31(36)24-9-8-10-25(32)20-24/h3-18,20,22,29H,19H2,1-2H3/t22-,29+/m1/s1. The number of anilines is 2. The van der Waals surface area contributed by atoms with E-state index in [4.69, 9.17) is 0 Å². The first kappa shape index (κ1) is 24.0. The molecule has 0 unspecified atom stereocenters. The van der Waals surface area contributed by atoms with Gasteiger partial charge in [-0.05, 0) is 74.4 Å². The first-order valence-electron chi connectivity index (χ1n) is 12.1. The third kappa shape index (κ3) is 4.59. The van der Waals surface area contributed by atoms with Crippen molar-refractivity contribution in [2.45, 2.75) is 32.4 Å². The molecule has 1 aliphatic rings. The Labute approximate surface area is 220 Å². The Balaban J connectivity index is 1.60. The van der Waals surface area contributed by atoms with Gasteiger partial charge >= 0.3 is 0 Å². The van der Waals surface area contributed by atoms with E-state index in [1.165, 1.54) is 0 Å². The Kier molecular flexibility index (Phi) is 6.75. The van der Waals surface area contributed by atoms with Gasteiger partial charge in [0, 0.05) is 33.0 Å². The summed E-state index contributed by atoms with van der Waals surface area (Å²) in [6.45, 7) is 4.07. The van der Waals surface area contributed by atoms with Gasteiger partial charge in [0.2, 0.25) is 0 Å². The summed E-state index contributed by atoms with van der Waals surface area (Å²) in [5.74, 6) is -0.106. The van der Waals surface area contributed by atoms with Crippen molar-refractivity contribution in [1.82, 2.24) is 0 Å². The van der Waals surface area contributed by atoms with E-state index in [2.05, 4.69) is 22.9 Å². The average Bonchev–Trinajstić information content (AvgIpc) is 2.89. The monoisotopic (exact) mass is 538 g/mol. The molecule has 0 radical (unpaired) electrons. The summed E-state index contributed by atoms with van der Waals surface area (Å²) in [7, 11) is 0. The molecule has 0 aliphatic carbocycles. The zero-order valence-electron chi connectivity index (χ0n) is 20.3. The lowest BCUT2D eigenvalue weighted by molar-refractivity contribution is 0.0965. The van der Waals surface area contributed by atoms with E-state index in [0.29, 0.717) is 17.5 Å². The molecular formula is C31H27BrN2O2. The van der Waals surface area contributed by atoms with Crippen molar-refractivity contribution in [3.8, 4) is 0 Å². The summed E-state index contributed by atoms with van der Waals surface area (Å²) in [5.41, 5.74) is 5.01. The van der Waals surface area contributed by atoms with E-state index in [1.807, 2.05) is 120 Å². The molecule has 4 nitrogen and oxygen atoms in total. The van der Waals surface area contributed by atoms with Crippen LogP contribution in [-0.4, -0.2) is 17.9 Å². The maximum Gasteiger partial charge on any atom is 0.258 e. The highest BCUT2D eigenvalue weighted by Crippen LogP contribution is 2.43. The maximum absolute atomic E-state index is 14.0. The molecule has 180 valence electrons. The number of hydrogen-bond acceptors (Lipinski definition) is 2. The molecule has 5 heteroatoms. The highest BCUT2D eigenvalue weighted by molar-refractivity contribution is 9.10. The van der Waals surface area contributed by atoms with Crippen LogP contribution < -0.4 is 9.80 Å². The summed E-state index contributed by atoms with van der Waals surface area (Å²) in [6.07, 6.45) is 0.614. The summed E-state index contributed by atoms with van der Waals surface area (Å²) in [4.78, 5) is 31.4. The average molecular weight is 539 g/mol. The fraction of sp³-hybridized carbons (Fsp3) is 0.161. The van der Waals surface area contributed by atoms with Crippen molar-refractivity contribution in [2.75, 3.05) is 9.80 Å². The Hall–Kier alpha value is -3.70. The number of amides is 2. The van der Waals surface area contributed by atoms with Gasteiger partial charge in [0.05, 0.1) is 6.04 Å². The number of carbonyl (C=O) groups excluding carboxylic acids is 2. The van der Waals surface area contributed by atoms with Gasteiger partial charge in [-0.3, -0.25) is 9.59 Å². The number of fused-ring (bicyclic) bond motifs is 1. The molecule has 1 aliphatic heterocycles. The zero-order valence-corrected chi connectivity index (χ0v) is 21.9. The molecule has 1 heterocycles. The van der Waals surface area contributed by atoms with Crippen molar-refractivity contribution in [3.05, 3.63) is 130 Å². The van der Waals surface area contributed by atoms with Crippen LogP contribution in [0.1, 0.15) is 51.2 Å². The second-order valence-electron chi connectivity index (χ2n) is 9.22. The third-order valence-electron chi connectivity index (χ3n) is 6.71. The molecular weight excluding hydrogens is 512 g/mol. The van der Waals surface area contributed by atoms with Crippen molar-refractivity contribution in [3.63, 3.8) is 0 Å². The molecule has 0 aromatic heterocycles. The summed E-state index contributed by atoms with van der Waals surface area (Å²) < 4.78 is 0.855. The van der Waals surface area contributed by atoms with E-state index < -0.39 is 0 Å². The number of rotatable bonds is 4. The van der Waals surface area contributed by atoms with Gasteiger partial charge in [0.1, 0.15) is 0 Å². The van der Waals surface area contributed by atoms with Crippen LogP contribution in [0.2, 0.25) is 0 Å². The summed E-state index contributed by atoms with van der Waals surface area (Å²) in [6, 6.07) is 32.5. The molecule has 0 fully saturated rings. The Morgan fingerprint density at radius 3 is 2.25 bits per heavy atom. The minimum Gasteiger partial charge on any atom is -0.305 e. The van der Waals surface area contributed by atoms with Crippen molar-refractivity contribution in [2.24, 2.45) is 0 Å². The number of para-hydroxylation sites is 2. The van der Waals surface area contributed by atoms with Crippen LogP contribution in [0, 0.1) is 6.92 Å². The van der Waals surface area contributed by atoms with Gasteiger partial charge in [-0.2, -0.15) is 0 Å². The van der Waals surface area contributed by atoms with Crippen LogP contribution in [0.3, 0.4) is 0 Å². The van der Waals surface area contributed by atoms with Gasteiger partial charge in [-0.25, -0.2) is 0 Å². The minimum absolute atomic E-state index is 0.0297. The van der Waals surface area contributed by atoms with Crippen LogP contribution in [0.5, 0.6) is 0 Å². The van der Waals surface area contributed by atoms with Crippen molar-refractivity contribution in [1.29, 1.82) is 0 Å². The molecule has 2 atom stereocenters. The molecule has 5 rings (SSSR count). The fourth-order valence-corrected chi connectivity index (χ4v) is 5.36. The van der Waals surface area contributed by atoms with E-state index in [1.54, 1.807) is 0 Å². The second kappa shape index (κ2) is 10.1. The van der Waals surface area contributed by atoms with E-state index >= 15 is 0 Å². The topological polar surface area (TPSA) is 40.6 Å². The van der Waals surface area contributed by atoms with Crippen LogP contribution in [0.4, 0.5) is 11.4 Å². The van der Waals surface area contributed by atoms with E-state index in [-0.39, 0.29) is 23.9 Å². The lowest BCUT2D eigenvalue weighted by atomic mass is 9.89. The predicted molar refractivity (Wildman–Crippen MR) is 149 cm³/mol. The van der Waals surface area contributed by atoms with Gasteiger partial charge < -0.3 is 9.80 Å². The lowest BCUT2D eigenvalue weighted by Crippen LogP contribution is -2.47. The second-order valence-corrected chi connectivity index (χ2v) is 10.1. The SMILES string of the molecule is Cc1ccc(C(=O)N2c3ccccc3[C@@H](N(C(=O)c3cccc(Br)c3)c3ccccc3)C[C@H]2C)cc1. The van der Waals surface area contributed by atoms with Gasteiger partial charge in [-0.15, -0.1) is 0 Å². The first-order valence-corrected chi connectivity index (χ1v) is 12.9. The normalized spacial score (nSPS) is 16.8. The number of nitrogens with zero attached hydrogens (tertiary/aromatic N) is 2. The molecule has 36 heavy (non-hydrogen) atoms. The highest BCUT2D eigenvalue weighted by atomic mass is 79.9. The largest absolute Gasteiger partial charge is 0.305 e. The smallest absolute Gasteiger partial charge is 0.258 e. The minimum atomic E-state index is -0.229. The molecule has 0 N–H and O–H groups in total. The van der Waals surface area contributed by atoms with Crippen LogP contribution >= 0.6 is 15.9 Å². The number of carbonyl (C=O) groups is 2. The van der Waals surface area contributed by atoms with E-state index in [9.17, 15) is 9.59 Å². The van der Waals surface area contributed by atoms with Crippen LogP contribution in [0.25, 0.3) is 0 Å². The molecule has 0 spiro atoms. The van der Waals surface area contributed by atoms with Gasteiger partial charge in [0.15, 0.2) is 0 Å². The molecule has 2 amide bonds. The Bertz CT molecular complexity index is 1400. The van der Waals surface area contributed by atoms with Crippen LogP contribution in [0.15, 0.2) is 108 Å². The summed E-state index contributed by atoms with van der Waals surface area (Å²) >= 11 is 3.50. The molecule has 4 aromatic rings. The number of aryl methyl sites for hydroxylation is 1. The van der Waals surface area contributed by atoms with Gasteiger partial charge in [0.25, 0.3) is 11.8 Å². The van der Waals surface area contributed by atoms with Gasteiger partial charge in [-0.1, -0.05) is 76.1 Å². The molecule has 0 saturated heterocycles. The van der Waals surface area contributed by atoms with Crippen LogP contribution in [-0.2, 0) is 0 Å². The first-order chi connectivity index (χ1) is 17.4.